The molecule has 0 aromatic heterocycles. The van der Waals surface area contributed by atoms with Crippen LogP contribution < -0.4 is 5.32 Å². The first-order chi connectivity index (χ1) is 9.46. The highest BCUT2D eigenvalue weighted by atomic mass is 16.4. The molecule has 0 aliphatic carbocycles. The minimum absolute atomic E-state index is 0.418. The standard InChI is InChI=1S/C16H34N2O2/c1-6-10-17-15(16(19)20)9-11-18(12-13(4)5)14(7-2)8-3/h13-15,17H,6-12H2,1-5H3,(H,19,20). The third kappa shape index (κ3) is 7.85. The van der Waals surface area contributed by atoms with Crippen LogP contribution in [0.3, 0.4) is 0 Å². The van der Waals surface area contributed by atoms with E-state index < -0.39 is 12.0 Å². The van der Waals surface area contributed by atoms with E-state index in [0.717, 1.165) is 38.9 Å². The molecule has 120 valence electrons. The van der Waals surface area contributed by atoms with E-state index in [1.165, 1.54) is 0 Å². The molecular weight excluding hydrogens is 252 g/mol. The Morgan fingerprint density at radius 1 is 1.20 bits per heavy atom. The van der Waals surface area contributed by atoms with Crippen molar-refractivity contribution in [2.75, 3.05) is 19.6 Å². The molecule has 0 spiro atoms. The van der Waals surface area contributed by atoms with Gasteiger partial charge in [-0.3, -0.25) is 4.79 Å². The lowest BCUT2D eigenvalue weighted by molar-refractivity contribution is -0.139. The predicted octanol–water partition coefficient (Wildman–Crippen LogP) is 2.98. The van der Waals surface area contributed by atoms with Gasteiger partial charge in [0, 0.05) is 19.1 Å². The highest BCUT2D eigenvalue weighted by Gasteiger charge is 2.21. The Labute approximate surface area is 124 Å². The molecule has 0 saturated carbocycles. The fraction of sp³-hybridized carbons (Fsp3) is 0.938. The van der Waals surface area contributed by atoms with Crippen LogP contribution in [0.15, 0.2) is 0 Å². The first-order valence-corrected chi connectivity index (χ1v) is 8.16. The molecule has 0 aromatic rings. The van der Waals surface area contributed by atoms with E-state index in [1.807, 2.05) is 0 Å². The Hall–Kier alpha value is -0.610. The van der Waals surface area contributed by atoms with Crippen LogP contribution in [0.25, 0.3) is 0 Å². The van der Waals surface area contributed by atoms with Crippen molar-refractivity contribution in [1.82, 2.24) is 10.2 Å². The Morgan fingerprint density at radius 2 is 1.80 bits per heavy atom. The molecule has 0 amide bonds. The molecule has 4 nitrogen and oxygen atoms in total. The van der Waals surface area contributed by atoms with Gasteiger partial charge >= 0.3 is 5.97 Å². The van der Waals surface area contributed by atoms with Gasteiger partial charge in [-0.2, -0.15) is 0 Å². The third-order valence-corrected chi connectivity index (χ3v) is 3.70. The molecule has 0 fully saturated rings. The van der Waals surface area contributed by atoms with Gasteiger partial charge in [-0.15, -0.1) is 0 Å². The maximum absolute atomic E-state index is 11.3. The smallest absolute Gasteiger partial charge is 0.320 e. The summed E-state index contributed by atoms with van der Waals surface area (Å²) in [4.78, 5) is 13.7. The molecule has 0 bridgehead atoms. The van der Waals surface area contributed by atoms with Gasteiger partial charge in [-0.25, -0.2) is 0 Å². The highest BCUT2D eigenvalue weighted by molar-refractivity contribution is 5.73. The molecular formula is C16H34N2O2. The monoisotopic (exact) mass is 286 g/mol. The van der Waals surface area contributed by atoms with Gasteiger partial charge in [0.15, 0.2) is 0 Å². The van der Waals surface area contributed by atoms with Crippen molar-refractivity contribution in [2.45, 2.75) is 72.4 Å². The molecule has 1 unspecified atom stereocenters. The predicted molar refractivity (Wildman–Crippen MR) is 85.1 cm³/mol. The van der Waals surface area contributed by atoms with E-state index >= 15 is 0 Å². The minimum atomic E-state index is -0.729. The van der Waals surface area contributed by atoms with Gasteiger partial charge in [0.1, 0.15) is 6.04 Å². The number of nitrogens with one attached hydrogen (secondary N) is 1. The van der Waals surface area contributed by atoms with E-state index in [9.17, 15) is 9.90 Å². The van der Waals surface area contributed by atoms with Crippen molar-refractivity contribution in [2.24, 2.45) is 5.92 Å². The zero-order valence-corrected chi connectivity index (χ0v) is 14.0. The van der Waals surface area contributed by atoms with Gasteiger partial charge in [-0.05, 0) is 38.1 Å². The van der Waals surface area contributed by atoms with Crippen LogP contribution in [0.5, 0.6) is 0 Å². The number of hydrogen-bond acceptors (Lipinski definition) is 3. The Balaban J connectivity index is 4.50. The van der Waals surface area contributed by atoms with Crippen LogP contribution in [0, 0.1) is 5.92 Å². The van der Waals surface area contributed by atoms with E-state index in [-0.39, 0.29) is 0 Å². The van der Waals surface area contributed by atoms with Crippen molar-refractivity contribution in [1.29, 1.82) is 0 Å². The second-order valence-electron chi connectivity index (χ2n) is 5.99. The summed E-state index contributed by atoms with van der Waals surface area (Å²) in [7, 11) is 0. The van der Waals surface area contributed by atoms with Crippen molar-refractivity contribution >= 4 is 5.97 Å². The van der Waals surface area contributed by atoms with E-state index in [2.05, 4.69) is 44.8 Å². The number of hydrogen-bond donors (Lipinski definition) is 2. The third-order valence-electron chi connectivity index (χ3n) is 3.70. The lowest BCUT2D eigenvalue weighted by atomic mass is 10.1. The molecule has 0 aliphatic heterocycles. The molecule has 0 saturated heterocycles. The summed E-state index contributed by atoms with van der Waals surface area (Å²) >= 11 is 0. The Kier molecular flexibility index (Phi) is 10.8. The average Bonchev–Trinajstić information content (AvgIpc) is 2.38. The average molecular weight is 286 g/mol. The summed E-state index contributed by atoms with van der Waals surface area (Å²) in [5.74, 6) is -0.116. The van der Waals surface area contributed by atoms with Gasteiger partial charge in [-0.1, -0.05) is 34.6 Å². The quantitative estimate of drug-likeness (QED) is 0.579. The number of aliphatic carboxylic acids is 1. The first kappa shape index (κ1) is 19.4. The number of carbonyl (C=O) groups is 1. The number of carboxylic acids is 1. The van der Waals surface area contributed by atoms with Gasteiger partial charge in [0.2, 0.25) is 0 Å². The minimum Gasteiger partial charge on any atom is -0.480 e. The normalized spacial score (nSPS) is 13.4. The topological polar surface area (TPSA) is 52.6 Å². The van der Waals surface area contributed by atoms with E-state index in [1.54, 1.807) is 0 Å². The fourth-order valence-electron chi connectivity index (χ4n) is 2.62. The maximum Gasteiger partial charge on any atom is 0.320 e. The van der Waals surface area contributed by atoms with Crippen LogP contribution in [0.4, 0.5) is 0 Å². The van der Waals surface area contributed by atoms with Crippen molar-refractivity contribution in [3.8, 4) is 0 Å². The van der Waals surface area contributed by atoms with Crippen LogP contribution in [0.1, 0.15) is 60.3 Å². The molecule has 0 aromatic carbocycles. The molecule has 4 heteroatoms. The summed E-state index contributed by atoms with van der Waals surface area (Å²) in [6, 6.07) is 0.150. The molecule has 0 radical (unpaired) electrons. The molecule has 0 heterocycles. The number of carboxylic acid groups (broad SMARTS) is 1. The van der Waals surface area contributed by atoms with Crippen LogP contribution in [-0.4, -0.2) is 47.7 Å². The number of rotatable bonds is 12. The maximum atomic E-state index is 11.3. The van der Waals surface area contributed by atoms with E-state index in [4.69, 9.17) is 0 Å². The summed E-state index contributed by atoms with van der Waals surface area (Å²) in [5.41, 5.74) is 0. The molecule has 20 heavy (non-hydrogen) atoms. The van der Waals surface area contributed by atoms with Gasteiger partial charge in [0.05, 0.1) is 0 Å². The van der Waals surface area contributed by atoms with Crippen LogP contribution >= 0.6 is 0 Å². The Bertz CT molecular complexity index is 253. The summed E-state index contributed by atoms with van der Waals surface area (Å²) in [6.07, 6.45) is 3.90. The second kappa shape index (κ2) is 11.1. The molecule has 1 atom stereocenters. The molecule has 0 rings (SSSR count). The summed E-state index contributed by atoms with van der Waals surface area (Å²) in [5, 5.41) is 12.4. The van der Waals surface area contributed by atoms with Gasteiger partial charge < -0.3 is 15.3 Å². The van der Waals surface area contributed by atoms with Crippen molar-refractivity contribution in [3.63, 3.8) is 0 Å². The van der Waals surface area contributed by atoms with Gasteiger partial charge in [0.25, 0.3) is 0 Å². The lowest BCUT2D eigenvalue weighted by Crippen LogP contribution is -2.43. The molecule has 2 N–H and O–H groups in total. The lowest BCUT2D eigenvalue weighted by Gasteiger charge is -2.32. The summed E-state index contributed by atoms with van der Waals surface area (Å²) < 4.78 is 0. The summed E-state index contributed by atoms with van der Waals surface area (Å²) in [6.45, 7) is 13.6. The highest BCUT2D eigenvalue weighted by Crippen LogP contribution is 2.13. The fourth-order valence-corrected chi connectivity index (χ4v) is 2.62. The first-order valence-electron chi connectivity index (χ1n) is 8.16. The van der Waals surface area contributed by atoms with E-state index in [0.29, 0.717) is 18.4 Å². The largest absolute Gasteiger partial charge is 0.480 e. The molecule has 0 aliphatic rings. The zero-order valence-electron chi connectivity index (χ0n) is 14.0. The second-order valence-corrected chi connectivity index (χ2v) is 5.99. The Morgan fingerprint density at radius 3 is 2.20 bits per heavy atom. The number of nitrogens with zero attached hydrogens (tertiary/aromatic N) is 1. The van der Waals surface area contributed by atoms with Crippen LogP contribution in [-0.2, 0) is 4.79 Å². The van der Waals surface area contributed by atoms with Crippen LogP contribution in [0.2, 0.25) is 0 Å². The zero-order chi connectivity index (χ0) is 15.5. The van der Waals surface area contributed by atoms with Crippen molar-refractivity contribution < 1.29 is 9.90 Å². The SMILES string of the molecule is CCCNC(CCN(CC(C)C)C(CC)CC)C(=O)O. The van der Waals surface area contributed by atoms with Crippen molar-refractivity contribution in [3.05, 3.63) is 0 Å².